The summed E-state index contributed by atoms with van der Waals surface area (Å²) in [5.74, 6) is 0.686. The molecule has 0 spiro atoms. The Bertz CT molecular complexity index is 581. The Morgan fingerprint density at radius 2 is 2.00 bits per heavy atom. The topological polar surface area (TPSA) is 33.2 Å². The molecule has 0 radical (unpaired) electrons. The first-order valence-electron chi connectivity index (χ1n) is 6.00. The van der Waals surface area contributed by atoms with Crippen molar-refractivity contribution in [2.45, 2.75) is 13.3 Å². The van der Waals surface area contributed by atoms with Crippen molar-refractivity contribution in [1.82, 2.24) is 4.98 Å². The summed E-state index contributed by atoms with van der Waals surface area (Å²) in [7, 11) is 1.75. The summed E-state index contributed by atoms with van der Waals surface area (Å²) >= 11 is 3.33. The molecule has 2 rings (SSSR count). The van der Waals surface area contributed by atoms with Gasteiger partial charge in [0.25, 0.3) is 0 Å². The maximum Gasteiger partial charge on any atom is 0.232 e. The van der Waals surface area contributed by atoms with Gasteiger partial charge in [-0.3, -0.25) is 9.69 Å². The first-order valence-corrected chi connectivity index (χ1v) is 6.80. The van der Waals surface area contributed by atoms with Crippen molar-refractivity contribution < 1.29 is 4.79 Å². The number of aryl methyl sites for hydroxylation is 1. The first-order chi connectivity index (χ1) is 9.08. The molecule has 98 valence electrons. The van der Waals surface area contributed by atoms with Crippen molar-refractivity contribution in [1.29, 1.82) is 0 Å². The van der Waals surface area contributed by atoms with Crippen LogP contribution in [0.2, 0.25) is 0 Å². The summed E-state index contributed by atoms with van der Waals surface area (Å²) in [5.41, 5.74) is 2.18. The second kappa shape index (κ2) is 5.97. The molecule has 0 fully saturated rings. The SMILES string of the molecule is Cc1ccccc1CC(=O)N(C)c1ccc(Br)cn1. The van der Waals surface area contributed by atoms with E-state index in [9.17, 15) is 4.79 Å². The molecule has 0 atom stereocenters. The van der Waals surface area contributed by atoms with Crippen LogP contribution in [0.5, 0.6) is 0 Å². The van der Waals surface area contributed by atoms with Gasteiger partial charge >= 0.3 is 0 Å². The molecule has 1 heterocycles. The van der Waals surface area contributed by atoms with Gasteiger partial charge in [-0.15, -0.1) is 0 Å². The third-order valence-corrected chi connectivity index (χ3v) is 3.50. The summed E-state index contributed by atoms with van der Waals surface area (Å²) in [6.07, 6.45) is 2.08. The zero-order valence-corrected chi connectivity index (χ0v) is 12.5. The summed E-state index contributed by atoms with van der Waals surface area (Å²) < 4.78 is 0.899. The number of carbonyl (C=O) groups is 1. The zero-order chi connectivity index (χ0) is 13.8. The van der Waals surface area contributed by atoms with Crippen LogP contribution in [-0.4, -0.2) is 17.9 Å². The molecule has 0 saturated heterocycles. The van der Waals surface area contributed by atoms with Gasteiger partial charge in [0, 0.05) is 17.7 Å². The molecule has 0 unspecified atom stereocenters. The van der Waals surface area contributed by atoms with Crippen LogP contribution in [0.15, 0.2) is 47.1 Å². The van der Waals surface area contributed by atoms with E-state index < -0.39 is 0 Å². The minimum Gasteiger partial charge on any atom is -0.300 e. The first kappa shape index (κ1) is 13.7. The van der Waals surface area contributed by atoms with Gasteiger partial charge in [0.1, 0.15) is 5.82 Å². The van der Waals surface area contributed by atoms with E-state index in [2.05, 4.69) is 20.9 Å². The van der Waals surface area contributed by atoms with E-state index in [-0.39, 0.29) is 5.91 Å². The summed E-state index contributed by atoms with van der Waals surface area (Å²) in [6.45, 7) is 2.01. The predicted molar refractivity (Wildman–Crippen MR) is 80.2 cm³/mol. The second-order valence-corrected chi connectivity index (χ2v) is 5.31. The molecule has 0 aliphatic carbocycles. The molecule has 0 saturated carbocycles. The Morgan fingerprint density at radius 1 is 1.26 bits per heavy atom. The number of halogens is 1. The second-order valence-electron chi connectivity index (χ2n) is 4.39. The van der Waals surface area contributed by atoms with E-state index >= 15 is 0 Å². The number of anilines is 1. The Hall–Kier alpha value is -1.68. The lowest BCUT2D eigenvalue weighted by Gasteiger charge is -2.16. The maximum absolute atomic E-state index is 12.2. The number of aromatic nitrogens is 1. The molecule has 2 aromatic rings. The number of carbonyl (C=O) groups excluding carboxylic acids is 1. The van der Waals surface area contributed by atoms with E-state index in [4.69, 9.17) is 0 Å². The molecule has 3 nitrogen and oxygen atoms in total. The highest BCUT2D eigenvalue weighted by atomic mass is 79.9. The maximum atomic E-state index is 12.2. The minimum absolute atomic E-state index is 0.0316. The summed E-state index contributed by atoms with van der Waals surface area (Å²) in [5, 5.41) is 0. The monoisotopic (exact) mass is 318 g/mol. The number of amides is 1. The van der Waals surface area contributed by atoms with Crippen LogP contribution in [-0.2, 0) is 11.2 Å². The van der Waals surface area contributed by atoms with E-state index in [0.29, 0.717) is 12.2 Å². The Morgan fingerprint density at radius 3 is 2.63 bits per heavy atom. The smallest absolute Gasteiger partial charge is 0.232 e. The number of pyridine rings is 1. The zero-order valence-electron chi connectivity index (χ0n) is 10.9. The largest absolute Gasteiger partial charge is 0.300 e. The molecule has 0 bridgehead atoms. The highest BCUT2D eigenvalue weighted by Gasteiger charge is 2.13. The predicted octanol–water partition coefficient (Wildman–Crippen LogP) is 3.36. The van der Waals surface area contributed by atoms with Crippen LogP contribution in [0.3, 0.4) is 0 Å². The molecular formula is C15H15BrN2O. The van der Waals surface area contributed by atoms with E-state index in [1.54, 1.807) is 18.1 Å². The molecule has 0 N–H and O–H groups in total. The average Bonchev–Trinajstić information content (AvgIpc) is 2.41. The van der Waals surface area contributed by atoms with Gasteiger partial charge in [-0.25, -0.2) is 4.98 Å². The van der Waals surface area contributed by atoms with Crippen molar-refractivity contribution in [2.75, 3.05) is 11.9 Å². The number of nitrogens with zero attached hydrogens (tertiary/aromatic N) is 2. The molecule has 1 aromatic carbocycles. The van der Waals surface area contributed by atoms with Crippen LogP contribution in [0.4, 0.5) is 5.82 Å². The van der Waals surface area contributed by atoms with Gasteiger partial charge in [0.2, 0.25) is 5.91 Å². The standard InChI is InChI=1S/C15H15BrN2O/c1-11-5-3-4-6-12(11)9-15(19)18(2)14-8-7-13(16)10-17-14/h3-8,10H,9H2,1-2H3. The van der Waals surface area contributed by atoms with Crippen molar-refractivity contribution in [3.63, 3.8) is 0 Å². The molecule has 4 heteroatoms. The van der Waals surface area contributed by atoms with Gasteiger partial charge in [0.05, 0.1) is 6.42 Å². The molecular weight excluding hydrogens is 304 g/mol. The van der Waals surface area contributed by atoms with Crippen LogP contribution in [0, 0.1) is 6.92 Å². The summed E-state index contributed by atoms with van der Waals surface area (Å²) in [4.78, 5) is 18.0. The van der Waals surface area contributed by atoms with Crippen molar-refractivity contribution in [3.05, 3.63) is 58.2 Å². The Kier molecular flexibility index (Phi) is 4.32. The third kappa shape index (κ3) is 3.41. The lowest BCUT2D eigenvalue weighted by Crippen LogP contribution is -2.28. The van der Waals surface area contributed by atoms with Gasteiger partial charge in [0.15, 0.2) is 0 Å². The van der Waals surface area contributed by atoms with Gasteiger partial charge in [-0.05, 0) is 46.1 Å². The Balaban J connectivity index is 2.12. The van der Waals surface area contributed by atoms with E-state index in [0.717, 1.165) is 15.6 Å². The normalized spacial score (nSPS) is 10.3. The van der Waals surface area contributed by atoms with Gasteiger partial charge in [-0.2, -0.15) is 0 Å². The fourth-order valence-corrected chi connectivity index (χ4v) is 2.02. The van der Waals surface area contributed by atoms with Crippen LogP contribution < -0.4 is 4.90 Å². The molecule has 0 aliphatic rings. The highest BCUT2D eigenvalue weighted by molar-refractivity contribution is 9.10. The van der Waals surface area contributed by atoms with Gasteiger partial charge in [-0.1, -0.05) is 24.3 Å². The molecule has 1 amide bonds. The minimum atomic E-state index is 0.0316. The highest BCUT2D eigenvalue weighted by Crippen LogP contribution is 2.15. The van der Waals surface area contributed by atoms with Crippen molar-refractivity contribution in [3.8, 4) is 0 Å². The van der Waals surface area contributed by atoms with E-state index in [1.807, 2.05) is 43.3 Å². The number of hydrogen-bond donors (Lipinski definition) is 0. The molecule has 1 aromatic heterocycles. The number of likely N-dealkylation sites (N-methyl/N-ethyl adjacent to an activating group) is 1. The Labute approximate surface area is 121 Å². The number of rotatable bonds is 3. The fraction of sp³-hybridized carbons (Fsp3) is 0.200. The van der Waals surface area contributed by atoms with Crippen LogP contribution in [0.25, 0.3) is 0 Å². The van der Waals surface area contributed by atoms with Crippen LogP contribution in [0.1, 0.15) is 11.1 Å². The van der Waals surface area contributed by atoms with Crippen LogP contribution >= 0.6 is 15.9 Å². The molecule has 19 heavy (non-hydrogen) atoms. The lowest BCUT2D eigenvalue weighted by atomic mass is 10.1. The average molecular weight is 319 g/mol. The molecule has 0 aliphatic heterocycles. The van der Waals surface area contributed by atoms with E-state index in [1.165, 1.54) is 0 Å². The lowest BCUT2D eigenvalue weighted by molar-refractivity contribution is -0.117. The number of hydrogen-bond acceptors (Lipinski definition) is 2. The van der Waals surface area contributed by atoms with Crippen molar-refractivity contribution >= 4 is 27.7 Å². The number of benzene rings is 1. The quantitative estimate of drug-likeness (QED) is 0.869. The van der Waals surface area contributed by atoms with Gasteiger partial charge < -0.3 is 0 Å². The fourth-order valence-electron chi connectivity index (χ4n) is 1.78. The third-order valence-electron chi connectivity index (χ3n) is 3.03. The van der Waals surface area contributed by atoms with Crippen molar-refractivity contribution in [2.24, 2.45) is 0 Å². The summed E-state index contributed by atoms with van der Waals surface area (Å²) in [6, 6.07) is 11.6.